The Labute approximate surface area is 106 Å². The predicted molar refractivity (Wildman–Crippen MR) is 60.7 cm³/mol. The van der Waals surface area contributed by atoms with E-state index in [0.717, 1.165) is 11.0 Å². The fraction of sp³-hybridized carbons (Fsp3) is 0.400. The number of nitrogens with zero attached hydrogens (tertiary/aromatic N) is 2. The number of carboxylic acid groups (broad SMARTS) is 1. The zero-order chi connectivity index (χ0) is 14.0. The third kappa shape index (κ3) is 2.55. The Morgan fingerprint density at radius 2 is 2.26 bits per heavy atom. The number of aliphatic carboxylic acids is 1. The van der Waals surface area contributed by atoms with E-state index < -0.39 is 22.8 Å². The van der Waals surface area contributed by atoms with E-state index in [0.29, 0.717) is 0 Å². The molecule has 0 spiro atoms. The molecule has 2 N–H and O–H groups in total. The number of hydrogen-bond donors (Lipinski definition) is 2. The predicted octanol–water partition coefficient (Wildman–Crippen LogP) is -0.152. The molecule has 0 aromatic carbocycles. The van der Waals surface area contributed by atoms with Gasteiger partial charge in [-0.25, -0.2) is 9.78 Å². The molecule has 19 heavy (non-hydrogen) atoms. The van der Waals surface area contributed by atoms with E-state index in [1.165, 1.54) is 6.07 Å². The molecule has 9 nitrogen and oxygen atoms in total. The van der Waals surface area contributed by atoms with Gasteiger partial charge >= 0.3 is 11.8 Å². The van der Waals surface area contributed by atoms with Crippen molar-refractivity contribution in [3.63, 3.8) is 0 Å². The van der Waals surface area contributed by atoms with Gasteiger partial charge < -0.3 is 24.9 Å². The smallest absolute Gasteiger partial charge is 0.328 e. The first kappa shape index (κ1) is 13.0. The number of hydrogen-bond acceptors (Lipinski definition) is 5. The van der Waals surface area contributed by atoms with Gasteiger partial charge in [0.25, 0.3) is 5.91 Å². The number of carboxylic acids is 1. The molecule has 0 aliphatic carbocycles. The Morgan fingerprint density at radius 1 is 1.53 bits per heavy atom. The number of H-pyrrole nitrogens is 1. The van der Waals surface area contributed by atoms with Crippen molar-refractivity contribution in [3.05, 3.63) is 27.9 Å². The fourth-order valence-corrected chi connectivity index (χ4v) is 1.82. The van der Waals surface area contributed by atoms with Crippen molar-refractivity contribution in [2.45, 2.75) is 6.04 Å². The molecule has 1 unspecified atom stereocenters. The minimum atomic E-state index is -1.17. The summed E-state index contributed by atoms with van der Waals surface area (Å²) in [6.07, 6.45) is 0. The molecule has 1 aliphatic heterocycles. The summed E-state index contributed by atoms with van der Waals surface area (Å²) in [6.45, 7) is 0.269. The van der Waals surface area contributed by atoms with Crippen molar-refractivity contribution in [2.75, 3.05) is 19.8 Å². The van der Waals surface area contributed by atoms with E-state index in [-0.39, 0.29) is 31.3 Å². The second-order valence-corrected chi connectivity index (χ2v) is 3.94. The Kier molecular flexibility index (Phi) is 3.47. The zero-order valence-electron chi connectivity index (χ0n) is 9.74. The zero-order valence-corrected chi connectivity index (χ0v) is 9.74. The molecule has 0 radical (unpaired) electrons. The molecule has 1 aromatic heterocycles. The molecule has 1 atom stereocenters. The van der Waals surface area contributed by atoms with E-state index in [4.69, 9.17) is 9.84 Å². The number of carbonyl (C=O) groups excluding carboxylic acids is 1. The molecule has 0 saturated carbocycles. The first-order valence-corrected chi connectivity index (χ1v) is 5.45. The normalized spacial score (nSPS) is 19.2. The summed E-state index contributed by atoms with van der Waals surface area (Å²) in [5.74, 6) is -2.08. The number of ether oxygens (including phenoxy) is 1. The van der Waals surface area contributed by atoms with E-state index in [1.54, 1.807) is 0 Å². The lowest BCUT2D eigenvalue weighted by Gasteiger charge is -2.31. The van der Waals surface area contributed by atoms with E-state index >= 15 is 0 Å². The molecule has 1 amide bonds. The minimum absolute atomic E-state index is 0.0140. The van der Waals surface area contributed by atoms with Crippen molar-refractivity contribution in [1.82, 2.24) is 9.88 Å². The summed E-state index contributed by atoms with van der Waals surface area (Å²) < 4.78 is 5.01. The second-order valence-electron chi connectivity index (χ2n) is 3.94. The number of aromatic amines is 1. The maximum Gasteiger partial charge on any atom is 0.328 e. The van der Waals surface area contributed by atoms with Crippen LogP contribution in [-0.2, 0) is 9.53 Å². The molecule has 0 bridgehead atoms. The van der Waals surface area contributed by atoms with E-state index in [1.807, 2.05) is 0 Å². The molecule has 1 fully saturated rings. The number of morpholine rings is 1. The van der Waals surface area contributed by atoms with Gasteiger partial charge in [0.15, 0.2) is 11.7 Å². The Hall–Kier alpha value is -2.42. The van der Waals surface area contributed by atoms with Crippen molar-refractivity contribution in [1.29, 1.82) is 0 Å². The van der Waals surface area contributed by atoms with Crippen LogP contribution in [0.4, 0.5) is 5.82 Å². The van der Waals surface area contributed by atoms with Gasteiger partial charge in [-0.2, -0.15) is 0 Å². The van der Waals surface area contributed by atoms with Crippen LogP contribution in [0.5, 0.6) is 0 Å². The van der Waals surface area contributed by atoms with Crippen LogP contribution >= 0.6 is 0 Å². The molecule has 102 valence electrons. The lowest BCUT2D eigenvalue weighted by molar-refractivity contribution is -0.389. The van der Waals surface area contributed by atoms with Crippen LogP contribution in [0, 0.1) is 10.1 Å². The molecular weight excluding hydrogens is 258 g/mol. The number of nitro groups is 1. The topological polar surface area (TPSA) is 126 Å². The Bertz CT molecular complexity index is 525. The van der Waals surface area contributed by atoms with Gasteiger partial charge in [0.1, 0.15) is 0 Å². The van der Waals surface area contributed by atoms with Gasteiger partial charge in [-0.3, -0.25) is 4.79 Å². The van der Waals surface area contributed by atoms with Crippen LogP contribution in [0.15, 0.2) is 12.1 Å². The molecule has 9 heteroatoms. The molecule has 2 rings (SSSR count). The summed E-state index contributed by atoms with van der Waals surface area (Å²) in [6, 6.07) is 1.33. The summed E-state index contributed by atoms with van der Waals surface area (Å²) >= 11 is 0. The summed E-state index contributed by atoms with van der Waals surface area (Å²) in [5, 5.41) is 19.5. The van der Waals surface area contributed by atoms with Gasteiger partial charge in [0.05, 0.1) is 13.2 Å². The van der Waals surface area contributed by atoms with Gasteiger partial charge in [0.2, 0.25) is 0 Å². The summed E-state index contributed by atoms with van der Waals surface area (Å²) in [4.78, 5) is 36.5. The molecule has 2 heterocycles. The monoisotopic (exact) mass is 269 g/mol. The second kappa shape index (κ2) is 5.06. The first-order valence-electron chi connectivity index (χ1n) is 5.45. The summed E-state index contributed by atoms with van der Waals surface area (Å²) in [5.41, 5.74) is -0.0140. The number of amides is 1. The van der Waals surface area contributed by atoms with Gasteiger partial charge in [-0.05, 0) is 11.0 Å². The van der Waals surface area contributed by atoms with Gasteiger partial charge in [-0.1, -0.05) is 0 Å². The molecule has 1 saturated heterocycles. The number of nitrogens with one attached hydrogen (secondary N) is 1. The van der Waals surface area contributed by atoms with Crippen molar-refractivity contribution in [2.24, 2.45) is 0 Å². The third-order valence-corrected chi connectivity index (χ3v) is 2.77. The van der Waals surface area contributed by atoms with Gasteiger partial charge in [0, 0.05) is 12.6 Å². The largest absolute Gasteiger partial charge is 0.480 e. The van der Waals surface area contributed by atoms with Crippen molar-refractivity contribution < 1.29 is 24.4 Å². The highest BCUT2D eigenvalue weighted by Gasteiger charge is 2.35. The number of rotatable bonds is 3. The van der Waals surface area contributed by atoms with Crippen molar-refractivity contribution >= 4 is 17.7 Å². The van der Waals surface area contributed by atoms with Crippen LogP contribution in [-0.4, -0.2) is 57.6 Å². The Balaban J connectivity index is 2.21. The number of aromatic nitrogens is 1. The standard InChI is InChI=1S/C10H11N3O6/c14-9(6-1-2-8(11-6)13(17)18)12-3-4-19-5-7(12)10(15)16/h1-2,7,11H,3-5H2,(H,15,16). The summed E-state index contributed by atoms with van der Waals surface area (Å²) in [7, 11) is 0. The Morgan fingerprint density at radius 3 is 2.84 bits per heavy atom. The highest BCUT2D eigenvalue weighted by Crippen LogP contribution is 2.15. The van der Waals surface area contributed by atoms with Crippen LogP contribution in [0.3, 0.4) is 0 Å². The van der Waals surface area contributed by atoms with Gasteiger partial charge in [-0.15, -0.1) is 0 Å². The van der Waals surface area contributed by atoms with Crippen LogP contribution in [0.2, 0.25) is 0 Å². The van der Waals surface area contributed by atoms with Crippen LogP contribution in [0.25, 0.3) is 0 Å². The maximum atomic E-state index is 12.1. The highest BCUT2D eigenvalue weighted by molar-refractivity contribution is 5.95. The molecule has 1 aliphatic rings. The lowest BCUT2D eigenvalue weighted by atomic mass is 10.2. The molecule has 1 aromatic rings. The third-order valence-electron chi connectivity index (χ3n) is 2.77. The lowest BCUT2D eigenvalue weighted by Crippen LogP contribution is -2.52. The SMILES string of the molecule is O=C(O)C1COCCN1C(=O)c1ccc([N+](=O)[O-])[nH]1. The average Bonchev–Trinajstić information content (AvgIpc) is 2.87. The van der Waals surface area contributed by atoms with E-state index in [9.17, 15) is 19.7 Å². The molecular formula is C10H11N3O6. The highest BCUT2D eigenvalue weighted by atomic mass is 16.6. The average molecular weight is 269 g/mol. The van der Waals surface area contributed by atoms with Crippen LogP contribution in [0.1, 0.15) is 10.5 Å². The quantitative estimate of drug-likeness (QED) is 0.580. The van der Waals surface area contributed by atoms with E-state index in [2.05, 4.69) is 4.98 Å². The van der Waals surface area contributed by atoms with Crippen molar-refractivity contribution in [3.8, 4) is 0 Å². The van der Waals surface area contributed by atoms with Crippen LogP contribution < -0.4 is 0 Å². The fourth-order valence-electron chi connectivity index (χ4n) is 1.82. The first-order chi connectivity index (χ1) is 9.00. The minimum Gasteiger partial charge on any atom is -0.480 e. The maximum absolute atomic E-state index is 12.1. The number of carbonyl (C=O) groups is 2.